The van der Waals surface area contributed by atoms with Crippen molar-refractivity contribution in [1.29, 1.82) is 0 Å². The average molecular weight is 298 g/mol. The molecule has 0 amide bonds. The van der Waals surface area contributed by atoms with Crippen molar-refractivity contribution in [3.05, 3.63) is 28.8 Å². The zero-order valence-corrected chi connectivity index (χ0v) is 13.3. The predicted molar refractivity (Wildman–Crippen MR) is 82.4 cm³/mol. The number of benzene rings is 1. The molecule has 1 aromatic rings. The van der Waals surface area contributed by atoms with Gasteiger partial charge in [0.05, 0.1) is 12.7 Å². The number of hydrogen-bond acceptors (Lipinski definition) is 3. The van der Waals surface area contributed by atoms with Crippen molar-refractivity contribution in [3.63, 3.8) is 0 Å². The Bertz CT molecular complexity index is 464. The first-order chi connectivity index (χ1) is 9.47. The summed E-state index contributed by atoms with van der Waals surface area (Å²) in [6.45, 7) is 0.865. The molecule has 0 unspecified atom stereocenters. The van der Waals surface area contributed by atoms with Crippen LogP contribution in [0.2, 0.25) is 5.02 Å². The minimum atomic E-state index is -0.853. The second-order valence-corrected chi connectivity index (χ2v) is 6.38. The molecule has 112 valence electrons. The van der Waals surface area contributed by atoms with Gasteiger partial charge in [0, 0.05) is 23.0 Å². The molecule has 2 atom stereocenters. The van der Waals surface area contributed by atoms with Gasteiger partial charge < -0.3 is 14.7 Å². The zero-order valence-electron chi connectivity index (χ0n) is 12.5. The van der Waals surface area contributed by atoms with E-state index in [2.05, 4.69) is 4.90 Å². The van der Waals surface area contributed by atoms with E-state index in [0.29, 0.717) is 5.02 Å². The van der Waals surface area contributed by atoms with Crippen LogP contribution in [0.1, 0.15) is 31.2 Å². The summed E-state index contributed by atoms with van der Waals surface area (Å²) in [6.07, 6.45) is 4.00. The van der Waals surface area contributed by atoms with Crippen LogP contribution in [0.5, 0.6) is 5.75 Å². The van der Waals surface area contributed by atoms with Crippen molar-refractivity contribution < 1.29 is 9.84 Å². The van der Waals surface area contributed by atoms with Crippen molar-refractivity contribution in [2.24, 2.45) is 5.92 Å². The molecule has 0 aliphatic heterocycles. The summed E-state index contributed by atoms with van der Waals surface area (Å²) >= 11 is 6.35. The van der Waals surface area contributed by atoms with Crippen LogP contribution in [-0.4, -0.2) is 37.8 Å². The third kappa shape index (κ3) is 3.11. The first-order valence-electron chi connectivity index (χ1n) is 7.18. The second kappa shape index (κ2) is 6.33. The molecule has 1 fully saturated rings. The van der Waals surface area contributed by atoms with Gasteiger partial charge in [-0.25, -0.2) is 0 Å². The molecule has 0 heterocycles. The first kappa shape index (κ1) is 15.6. The van der Waals surface area contributed by atoms with Crippen LogP contribution >= 0.6 is 11.6 Å². The van der Waals surface area contributed by atoms with E-state index in [-0.39, 0.29) is 5.92 Å². The molecule has 0 aromatic heterocycles. The lowest BCUT2D eigenvalue weighted by atomic mass is 9.71. The van der Waals surface area contributed by atoms with Crippen LogP contribution in [-0.2, 0) is 5.60 Å². The molecule has 1 aliphatic rings. The van der Waals surface area contributed by atoms with Gasteiger partial charge in [-0.3, -0.25) is 0 Å². The van der Waals surface area contributed by atoms with Crippen LogP contribution in [0, 0.1) is 5.92 Å². The van der Waals surface area contributed by atoms with Crippen LogP contribution in [0.25, 0.3) is 0 Å². The van der Waals surface area contributed by atoms with Crippen molar-refractivity contribution in [2.75, 3.05) is 27.7 Å². The van der Waals surface area contributed by atoms with Gasteiger partial charge in [-0.05, 0) is 45.1 Å². The summed E-state index contributed by atoms with van der Waals surface area (Å²) in [5.74, 6) is 0.947. The van der Waals surface area contributed by atoms with Gasteiger partial charge in [-0.15, -0.1) is 0 Å². The van der Waals surface area contributed by atoms with E-state index in [1.807, 2.05) is 32.3 Å². The Morgan fingerprint density at radius 2 is 2.15 bits per heavy atom. The Hall–Kier alpha value is -0.770. The van der Waals surface area contributed by atoms with Gasteiger partial charge in [0.25, 0.3) is 0 Å². The van der Waals surface area contributed by atoms with E-state index >= 15 is 0 Å². The lowest BCUT2D eigenvalue weighted by Gasteiger charge is -2.42. The molecule has 0 spiro atoms. The Kier molecular flexibility index (Phi) is 4.95. The largest absolute Gasteiger partial charge is 0.497 e. The van der Waals surface area contributed by atoms with E-state index in [0.717, 1.165) is 37.1 Å². The molecule has 2 rings (SSSR count). The Morgan fingerprint density at radius 1 is 1.40 bits per heavy atom. The molecule has 1 aliphatic carbocycles. The molecule has 20 heavy (non-hydrogen) atoms. The quantitative estimate of drug-likeness (QED) is 0.926. The van der Waals surface area contributed by atoms with E-state index < -0.39 is 5.60 Å². The lowest BCUT2D eigenvalue weighted by Crippen LogP contribution is -2.43. The number of nitrogens with zero attached hydrogens (tertiary/aromatic N) is 1. The third-order valence-corrected chi connectivity index (χ3v) is 4.59. The zero-order chi connectivity index (χ0) is 14.8. The SMILES string of the molecule is COc1ccc(Cl)c([C@@]2(O)CCCC[C@@H]2CN(C)C)c1. The van der Waals surface area contributed by atoms with Gasteiger partial charge in [0.2, 0.25) is 0 Å². The molecular formula is C16H24ClNO2. The van der Waals surface area contributed by atoms with Crippen molar-refractivity contribution in [3.8, 4) is 5.75 Å². The molecule has 0 saturated heterocycles. The minimum Gasteiger partial charge on any atom is -0.497 e. The minimum absolute atomic E-state index is 0.204. The lowest BCUT2D eigenvalue weighted by molar-refractivity contribution is -0.0618. The number of aliphatic hydroxyl groups is 1. The molecule has 3 nitrogen and oxygen atoms in total. The van der Waals surface area contributed by atoms with E-state index in [1.165, 1.54) is 6.42 Å². The van der Waals surface area contributed by atoms with Gasteiger partial charge in [0.15, 0.2) is 0 Å². The highest BCUT2D eigenvalue weighted by Gasteiger charge is 2.41. The smallest absolute Gasteiger partial charge is 0.119 e. The van der Waals surface area contributed by atoms with Gasteiger partial charge in [0.1, 0.15) is 5.75 Å². The average Bonchev–Trinajstić information content (AvgIpc) is 2.41. The number of halogens is 1. The van der Waals surface area contributed by atoms with Gasteiger partial charge >= 0.3 is 0 Å². The highest BCUT2D eigenvalue weighted by atomic mass is 35.5. The van der Waals surface area contributed by atoms with Crippen LogP contribution in [0.4, 0.5) is 0 Å². The fourth-order valence-electron chi connectivity index (χ4n) is 3.23. The standard InChI is InChI=1S/C16H24ClNO2/c1-18(2)11-12-6-4-5-9-16(12,19)14-10-13(20-3)7-8-15(14)17/h7-8,10,12,19H,4-6,9,11H2,1-3H3/t12-,16-/m1/s1. The monoisotopic (exact) mass is 297 g/mol. The normalized spacial score (nSPS) is 26.8. The molecule has 1 saturated carbocycles. The summed E-state index contributed by atoms with van der Waals surface area (Å²) < 4.78 is 5.28. The third-order valence-electron chi connectivity index (χ3n) is 4.26. The highest BCUT2D eigenvalue weighted by Crippen LogP contribution is 2.45. The van der Waals surface area contributed by atoms with Gasteiger partial charge in [-0.1, -0.05) is 24.4 Å². The summed E-state index contributed by atoms with van der Waals surface area (Å²) in [4.78, 5) is 2.13. The molecule has 0 radical (unpaired) electrons. The topological polar surface area (TPSA) is 32.7 Å². The first-order valence-corrected chi connectivity index (χ1v) is 7.56. The van der Waals surface area contributed by atoms with Crippen molar-refractivity contribution in [2.45, 2.75) is 31.3 Å². The molecular weight excluding hydrogens is 274 g/mol. The van der Waals surface area contributed by atoms with Crippen molar-refractivity contribution in [1.82, 2.24) is 4.90 Å². The molecule has 0 bridgehead atoms. The second-order valence-electron chi connectivity index (χ2n) is 5.97. The van der Waals surface area contributed by atoms with Gasteiger partial charge in [-0.2, -0.15) is 0 Å². The molecule has 4 heteroatoms. The maximum Gasteiger partial charge on any atom is 0.119 e. The summed E-state index contributed by atoms with van der Waals surface area (Å²) in [5.41, 5.74) is -0.0428. The van der Waals surface area contributed by atoms with Crippen LogP contribution in [0.15, 0.2) is 18.2 Å². The van der Waals surface area contributed by atoms with E-state index in [4.69, 9.17) is 16.3 Å². The highest BCUT2D eigenvalue weighted by molar-refractivity contribution is 6.31. The Balaban J connectivity index is 2.39. The van der Waals surface area contributed by atoms with E-state index in [9.17, 15) is 5.11 Å². The fraction of sp³-hybridized carbons (Fsp3) is 0.625. The molecule has 1 aromatic carbocycles. The molecule has 1 N–H and O–H groups in total. The maximum absolute atomic E-state index is 11.3. The van der Waals surface area contributed by atoms with Crippen LogP contribution < -0.4 is 4.74 Å². The number of rotatable bonds is 4. The Morgan fingerprint density at radius 3 is 2.80 bits per heavy atom. The number of methoxy groups -OCH3 is 1. The Labute approximate surface area is 126 Å². The van der Waals surface area contributed by atoms with E-state index in [1.54, 1.807) is 7.11 Å². The van der Waals surface area contributed by atoms with Crippen LogP contribution in [0.3, 0.4) is 0 Å². The van der Waals surface area contributed by atoms with Crippen molar-refractivity contribution >= 4 is 11.6 Å². The number of hydrogen-bond donors (Lipinski definition) is 1. The fourth-order valence-corrected chi connectivity index (χ4v) is 3.51. The predicted octanol–water partition coefficient (Wildman–Crippen LogP) is 3.29. The maximum atomic E-state index is 11.3. The summed E-state index contributed by atoms with van der Waals surface area (Å²) in [6, 6.07) is 5.53. The summed E-state index contributed by atoms with van der Waals surface area (Å²) in [5, 5.41) is 11.9. The summed E-state index contributed by atoms with van der Waals surface area (Å²) in [7, 11) is 5.72. The number of ether oxygens (including phenoxy) is 1.